The Hall–Kier alpha value is -3.47. The van der Waals surface area contributed by atoms with Gasteiger partial charge in [-0.15, -0.1) is 0 Å². The van der Waals surface area contributed by atoms with Crippen molar-refractivity contribution >= 4 is 20.4 Å². The van der Waals surface area contributed by atoms with Crippen molar-refractivity contribution in [2.45, 2.75) is 68.6 Å². The molecule has 0 aliphatic heterocycles. The summed E-state index contributed by atoms with van der Waals surface area (Å²) in [6.45, 7) is 1.53. The second kappa shape index (κ2) is 13.2. The largest absolute Gasteiger partial charge is 0.494 e. The first kappa shape index (κ1) is 41.9. The lowest BCUT2D eigenvalue weighted by Gasteiger charge is -2.43. The van der Waals surface area contributed by atoms with Crippen molar-refractivity contribution in [2.24, 2.45) is 0 Å². The maximum atomic E-state index is 15.3. The van der Waals surface area contributed by atoms with Crippen molar-refractivity contribution in [1.82, 2.24) is 0 Å². The second-order valence-electron chi connectivity index (χ2n) is 10.1. The van der Waals surface area contributed by atoms with Gasteiger partial charge in [-0.05, 0) is 65.8 Å². The SMILES string of the molecule is CCOc1ccc(S(OS(=O)(=O)C(F)(F)C(F)(F)C(F)(F)C(F)(F)C(F)(F)C(F)(F)C(F)(F)C(F)(F)F)(c2ccccc2)c2ccccc2)cc1. The van der Waals surface area contributed by atoms with Crippen LogP contribution < -0.4 is 4.74 Å². The molecule has 0 saturated carbocycles. The number of hydrogen-bond acceptors (Lipinski definition) is 4. The van der Waals surface area contributed by atoms with E-state index >= 15 is 8.78 Å². The number of ether oxygens (including phenoxy) is 1. The zero-order chi connectivity index (χ0) is 39.3. The van der Waals surface area contributed by atoms with Crippen molar-refractivity contribution in [1.29, 1.82) is 0 Å². The molecule has 0 spiro atoms. The molecule has 3 aromatic carbocycles. The van der Waals surface area contributed by atoms with Gasteiger partial charge in [0, 0.05) is 14.7 Å². The molecule has 286 valence electrons. The molecule has 0 bridgehead atoms. The summed E-state index contributed by atoms with van der Waals surface area (Å²) in [6, 6.07) is 14.6. The highest BCUT2D eigenvalue weighted by atomic mass is 32.3. The molecule has 4 nitrogen and oxygen atoms in total. The van der Waals surface area contributed by atoms with E-state index in [1.54, 1.807) is 0 Å². The molecule has 0 aliphatic rings. The third kappa shape index (κ3) is 6.25. The first-order valence-electron chi connectivity index (χ1n) is 13.3. The van der Waals surface area contributed by atoms with Crippen molar-refractivity contribution in [2.75, 3.05) is 6.61 Å². The number of alkyl halides is 17. The van der Waals surface area contributed by atoms with Gasteiger partial charge >= 0.3 is 57.1 Å². The molecule has 23 heteroatoms. The van der Waals surface area contributed by atoms with E-state index in [9.17, 15) is 74.3 Å². The Kier molecular flexibility index (Phi) is 10.8. The van der Waals surface area contributed by atoms with Gasteiger partial charge in [0.1, 0.15) is 5.75 Å². The van der Waals surface area contributed by atoms with Gasteiger partial charge < -0.3 is 4.74 Å². The zero-order valence-electron chi connectivity index (χ0n) is 24.7. The van der Waals surface area contributed by atoms with Crippen LogP contribution in [0.5, 0.6) is 5.75 Å². The van der Waals surface area contributed by atoms with Gasteiger partial charge in [-0.1, -0.05) is 36.4 Å². The fourth-order valence-electron chi connectivity index (χ4n) is 4.13. The lowest BCUT2D eigenvalue weighted by molar-refractivity contribution is -0.458. The van der Waals surface area contributed by atoms with Crippen LogP contribution in [-0.4, -0.2) is 62.0 Å². The molecule has 0 fully saturated rings. The fraction of sp³-hybridized carbons (Fsp3) is 0.357. The van der Waals surface area contributed by atoms with Gasteiger partial charge in [-0.2, -0.15) is 83.1 Å². The van der Waals surface area contributed by atoms with E-state index in [0.717, 1.165) is 72.8 Å². The minimum absolute atomic E-state index is 0.0195. The molecule has 0 N–H and O–H groups in total. The molecular formula is C28H19F17O4S2. The lowest BCUT2D eigenvalue weighted by atomic mass is 9.91. The molecule has 0 saturated heterocycles. The minimum atomic E-state index is -8.97. The fourth-order valence-corrected chi connectivity index (χ4v) is 9.35. The molecule has 0 aliphatic carbocycles. The van der Waals surface area contributed by atoms with Crippen LogP contribution in [-0.2, 0) is 13.7 Å². The van der Waals surface area contributed by atoms with Crippen LogP contribution in [0.2, 0.25) is 0 Å². The van der Waals surface area contributed by atoms with Gasteiger partial charge in [0.15, 0.2) is 0 Å². The van der Waals surface area contributed by atoms with E-state index in [4.69, 9.17) is 4.74 Å². The van der Waals surface area contributed by atoms with Crippen LogP contribution in [0.4, 0.5) is 74.6 Å². The summed E-state index contributed by atoms with van der Waals surface area (Å²) in [6.07, 6.45) is -7.93. The predicted molar refractivity (Wildman–Crippen MR) is 144 cm³/mol. The van der Waals surface area contributed by atoms with Crippen LogP contribution in [0.15, 0.2) is 99.6 Å². The van der Waals surface area contributed by atoms with E-state index < -0.39 is 82.1 Å². The van der Waals surface area contributed by atoms with Gasteiger partial charge in [-0.25, -0.2) is 3.63 Å². The normalized spacial score (nSPS) is 15.1. The van der Waals surface area contributed by atoms with Gasteiger partial charge in [0.25, 0.3) is 0 Å². The van der Waals surface area contributed by atoms with Crippen LogP contribution in [0.25, 0.3) is 0 Å². The third-order valence-electron chi connectivity index (χ3n) is 6.82. The Labute approximate surface area is 277 Å². The van der Waals surface area contributed by atoms with Gasteiger partial charge in [0.2, 0.25) is 0 Å². The van der Waals surface area contributed by atoms with E-state index in [0.29, 0.717) is 0 Å². The van der Waals surface area contributed by atoms with Crippen LogP contribution >= 0.6 is 10.3 Å². The first-order chi connectivity index (χ1) is 23.0. The molecular weight excluding hydrogens is 787 g/mol. The smallest absolute Gasteiger partial charge is 0.460 e. The van der Waals surface area contributed by atoms with E-state index in [2.05, 4.69) is 3.63 Å². The summed E-state index contributed by atoms with van der Waals surface area (Å²) in [7, 11) is -12.5. The monoisotopic (exact) mass is 806 g/mol. The van der Waals surface area contributed by atoms with Crippen LogP contribution in [0.1, 0.15) is 6.92 Å². The summed E-state index contributed by atoms with van der Waals surface area (Å²) in [4.78, 5) is -1.56. The van der Waals surface area contributed by atoms with E-state index in [1.807, 2.05) is 0 Å². The van der Waals surface area contributed by atoms with E-state index in [1.165, 1.54) is 19.1 Å². The standard InChI is InChI=1S/C28H19F17O4S2/c1-2-48-17-13-15-20(16-14-17)50(18-9-5-3-6-10-18,19-11-7-4-8-12-19)49-51(46,47)28(44,45)26(39,40)24(35,36)22(31,32)21(29,30)23(33,34)25(37,38)27(41,42)43/h3-16H,2H2,1H3. The first-order valence-corrected chi connectivity index (χ1v) is 16.3. The Bertz CT molecular complexity index is 1730. The highest BCUT2D eigenvalue weighted by molar-refractivity contribution is 8.33. The maximum Gasteiger partial charge on any atom is 0.460 e. The molecule has 51 heavy (non-hydrogen) atoms. The summed E-state index contributed by atoms with van der Waals surface area (Å²) in [5.41, 5.74) is 0. The summed E-state index contributed by atoms with van der Waals surface area (Å²) in [5.74, 6) is -52.4. The molecule has 0 radical (unpaired) electrons. The number of benzene rings is 3. The topological polar surface area (TPSA) is 52.6 Å². The molecule has 0 heterocycles. The lowest BCUT2D eigenvalue weighted by Crippen LogP contribution is -2.75. The quantitative estimate of drug-likeness (QED) is 0.152. The van der Waals surface area contributed by atoms with Crippen molar-refractivity contribution in [3.05, 3.63) is 84.9 Å². The zero-order valence-corrected chi connectivity index (χ0v) is 26.3. The third-order valence-corrected chi connectivity index (χ3v) is 12.0. The van der Waals surface area contributed by atoms with Crippen molar-refractivity contribution < 1.29 is 91.4 Å². The number of rotatable bonds is 14. The molecule has 0 unspecified atom stereocenters. The van der Waals surface area contributed by atoms with Gasteiger partial charge in [-0.3, -0.25) is 0 Å². The highest BCUT2D eigenvalue weighted by Gasteiger charge is 2.96. The van der Waals surface area contributed by atoms with Crippen molar-refractivity contribution in [3.63, 3.8) is 0 Å². The van der Waals surface area contributed by atoms with Gasteiger partial charge in [0.05, 0.1) is 6.61 Å². The molecule has 0 atom stereocenters. The van der Waals surface area contributed by atoms with Crippen molar-refractivity contribution in [3.8, 4) is 5.75 Å². The predicted octanol–water partition coefficient (Wildman–Crippen LogP) is 10.6. The number of hydrogen-bond donors (Lipinski definition) is 0. The highest BCUT2D eigenvalue weighted by Crippen LogP contribution is 2.72. The van der Waals surface area contributed by atoms with Crippen LogP contribution in [0, 0.1) is 0 Å². The van der Waals surface area contributed by atoms with E-state index in [-0.39, 0.29) is 12.4 Å². The second-order valence-corrected chi connectivity index (χ2v) is 14.6. The summed E-state index contributed by atoms with van der Waals surface area (Å²) >= 11 is 0. The minimum Gasteiger partial charge on any atom is -0.494 e. The van der Waals surface area contributed by atoms with Crippen LogP contribution in [0.3, 0.4) is 0 Å². The summed E-state index contributed by atoms with van der Waals surface area (Å²) in [5, 5.41) is -7.88. The molecule has 0 amide bonds. The Morgan fingerprint density at radius 2 is 0.804 bits per heavy atom. The molecule has 3 aromatic rings. The Balaban J connectivity index is 2.31. The molecule has 3 rings (SSSR count). The summed E-state index contributed by atoms with van der Waals surface area (Å²) < 4.78 is 273. The Morgan fingerprint density at radius 3 is 1.16 bits per heavy atom. The average molecular weight is 807 g/mol. The number of halogens is 17. The maximum absolute atomic E-state index is 15.3. The molecule has 0 aromatic heterocycles. The Morgan fingerprint density at radius 1 is 0.471 bits per heavy atom. The average Bonchev–Trinajstić information content (AvgIpc) is 3.04.